The molecular formula is C21H24ClFN2O4S. The molecule has 0 bridgehead atoms. The number of carbonyl (C=O) groups is 1. The van der Waals surface area contributed by atoms with Crippen LogP contribution < -0.4 is 10.1 Å². The summed E-state index contributed by atoms with van der Waals surface area (Å²) in [6.45, 7) is 2.58. The number of halogens is 2. The van der Waals surface area contributed by atoms with E-state index >= 15 is 0 Å². The third kappa shape index (κ3) is 4.77. The monoisotopic (exact) mass is 454 g/mol. The Labute approximate surface area is 181 Å². The normalized spacial score (nSPS) is 16.8. The van der Waals surface area contributed by atoms with Crippen molar-refractivity contribution in [3.63, 3.8) is 0 Å². The van der Waals surface area contributed by atoms with Crippen molar-refractivity contribution < 1.29 is 22.3 Å². The average molecular weight is 455 g/mol. The number of piperidine rings is 1. The summed E-state index contributed by atoms with van der Waals surface area (Å²) in [5, 5.41) is 3.10. The van der Waals surface area contributed by atoms with Crippen molar-refractivity contribution in [3.05, 3.63) is 58.9 Å². The first-order valence-corrected chi connectivity index (χ1v) is 11.3. The minimum Gasteiger partial charge on any atom is -0.495 e. The molecule has 1 fully saturated rings. The van der Waals surface area contributed by atoms with E-state index in [1.807, 2.05) is 6.92 Å². The molecule has 162 valence electrons. The van der Waals surface area contributed by atoms with E-state index < -0.39 is 15.4 Å². The summed E-state index contributed by atoms with van der Waals surface area (Å²) in [5.74, 6) is -0.0696. The molecule has 1 amide bonds. The molecule has 3 rings (SSSR count). The molecule has 1 aliphatic heterocycles. The summed E-state index contributed by atoms with van der Waals surface area (Å²) >= 11 is 6.07. The molecule has 0 saturated carbocycles. The number of nitrogens with one attached hydrogen (secondary N) is 1. The third-order valence-electron chi connectivity index (χ3n) is 5.50. The minimum absolute atomic E-state index is 0.0951. The number of hydrogen-bond donors (Lipinski definition) is 1. The molecule has 2 aromatic carbocycles. The quantitative estimate of drug-likeness (QED) is 0.723. The molecule has 1 aliphatic rings. The lowest BCUT2D eigenvalue weighted by molar-refractivity contribution is -0.132. The lowest BCUT2D eigenvalue weighted by Crippen LogP contribution is -2.48. The first-order chi connectivity index (χ1) is 14.2. The van der Waals surface area contributed by atoms with E-state index in [1.165, 1.54) is 41.7 Å². The van der Waals surface area contributed by atoms with Gasteiger partial charge >= 0.3 is 0 Å². The highest BCUT2D eigenvalue weighted by Gasteiger charge is 2.40. The second kappa shape index (κ2) is 8.91. The number of amides is 1. The van der Waals surface area contributed by atoms with Crippen LogP contribution in [0.4, 0.5) is 4.39 Å². The van der Waals surface area contributed by atoms with Gasteiger partial charge in [-0.2, -0.15) is 4.31 Å². The maximum atomic E-state index is 13.0. The molecule has 0 aromatic heterocycles. The van der Waals surface area contributed by atoms with Crippen molar-refractivity contribution >= 4 is 27.5 Å². The van der Waals surface area contributed by atoms with E-state index in [4.69, 9.17) is 16.3 Å². The lowest BCUT2D eigenvalue weighted by Gasteiger charge is -2.37. The standard InChI is InChI=1S/C21H24ClFN2O4S/c1-21(20(26)24-14-15-3-5-16(23)6-4-15)9-11-25(12-10-21)30(27,28)17-7-8-19(29-2)18(22)13-17/h3-8,13H,9-12,14H2,1-2H3,(H,24,26). The van der Waals surface area contributed by atoms with Gasteiger partial charge < -0.3 is 10.1 Å². The van der Waals surface area contributed by atoms with E-state index in [1.54, 1.807) is 12.1 Å². The largest absolute Gasteiger partial charge is 0.495 e. The molecule has 0 aliphatic carbocycles. The van der Waals surface area contributed by atoms with Gasteiger partial charge in [-0.3, -0.25) is 4.79 Å². The fourth-order valence-electron chi connectivity index (χ4n) is 3.40. The number of methoxy groups -OCH3 is 1. The van der Waals surface area contributed by atoms with Gasteiger partial charge in [0, 0.05) is 25.0 Å². The molecule has 9 heteroatoms. The molecule has 6 nitrogen and oxygen atoms in total. The number of nitrogens with zero attached hydrogens (tertiary/aromatic N) is 1. The summed E-state index contributed by atoms with van der Waals surface area (Å²) in [7, 11) is -2.26. The fourth-order valence-corrected chi connectivity index (χ4v) is 5.19. The first-order valence-electron chi connectivity index (χ1n) is 9.52. The molecule has 0 unspecified atom stereocenters. The molecule has 30 heavy (non-hydrogen) atoms. The van der Waals surface area contributed by atoms with E-state index in [9.17, 15) is 17.6 Å². The van der Waals surface area contributed by atoms with Crippen LogP contribution in [0.15, 0.2) is 47.4 Å². The number of hydrogen-bond acceptors (Lipinski definition) is 4. The van der Waals surface area contributed by atoms with Crippen LogP contribution in [0, 0.1) is 11.2 Å². The molecule has 1 N–H and O–H groups in total. The maximum Gasteiger partial charge on any atom is 0.243 e. The van der Waals surface area contributed by atoms with E-state index in [0.29, 0.717) is 25.1 Å². The van der Waals surface area contributed by atoms with Crippen molar-refractivity contribution in [1.29, 1.82) is 0 Å². The van der Waals surface area contributed by atoms with Gasteiger partial charge in [-0.15, -0.1) is 0 Å². The fraction of sp³-hybridized carbons (Fsp3) is 0.381. The summed E-state index contributed by atoms with van der Waals surface area (Å²) < 4.78 is 45.3. The molecule has 0 atom stereocenters. The molecular weight excluding hydrogens is 431 g/mol. The number of rotatable bonds is 6. The van der Waals surface area contributed by atoms with E-state index in [-0.39, 0.29) is 34.7 Å². The summed E-state index contributed by atoms with van der Waals surface area (Å²) in [5.41, 5.74) is 0.119. The van der Waals surface area contributed by atoms with Crippen molar-refractivity contribution in [3.8, 4) is 5.75 Å². The molecule has 1 heterocycles. The zero-order chi connectivity index (χ0) is 21.9. The highest BCUT2D eigenvalue weighted by molar-refractivity contribution is 7.89. The van der Waals surface area contributed by atoms with Gasteiger partial charge in [-0.05, 0) is 48.7 Å². The Hall–Kier alpha value is -2.16. The second-order valence-corrected chi connectivity index (χ2v) is 9.92. The zero-order valence-corrected chi connectivity index (χ0v) is 18.4. The maximum absolute atomic E-state index is 13.0. The van der Waals surface area contributed by atoms with Crippen LogP contribution in [0.3, 0.4) is 0 Å². The van der Waals surface area contributed by atoms with Crippen LogP contribution >= 0.6 is 11.6 Å². The number of ether oxygens (including phenoxy) is 1. The van der Waals surface area contributed by atoms with Gasteiger partial charge in [0.25, 0.3) is 0 Å². The predicted molar refractivity (Wildman–Crippen MR) is 112 cm³/mol. The highest BCUT2D eigenvalue weighted by Crippen LogP contribution is 2.35. The van der Waals surface area contributed by atoms with E-state index in [0.717, 1.165) is 5.56 Å². The van der Waals surface area contributed by atoms with Crippen LogP contribution in [-0.4, -0.2) is 38.8 Å². The van der Waals surface area contributed by atoms with Crippen molar-refractivity contribution in [1.82, 2.24) is 9.62 Å². The summed E-state index contributed by atoms with van der Waals surface area (Å²) in [6, 6.07) is 10.3. The van der Waals surface area contributed by atoms with Gasteiger partial charge in [-0.25, -0.2) is 12.8 Å². The van der Waals surface area contributed by atoms with Gasteiger partial charge in [-0.1, -0.05) is 30.7 Å². The molecule has 0 spiro atoms. The summed E-state index contributed by atoms with van der Waals surface area (Å²) in [4.78, 5) is 12.8. The Bertz CT molecular complexity index is 1020. The average Bonchev–Trinajstić information content (AvgIpc) is 2.73. The minimum atomic E-state index is -3.72. The topological polar surface area (TPSA) is 75.7 Å². The highest BCUT2D eigenvalue weighted by atomic mass is 35.5. The van der Waals surface area contributed by atoms with Crippen molar-refractivity contribution in [2.24, 2.45) is 5.41 Å². The van der Waals surface area contributed by atoms with Crippen molar-refractivity contribution in [2.45, 2.75) is 31.2 Å². The van der Waals surface area contributed by atoms with Crippen LogP contribution in [0.5, 0.6) is 5.75 Å². The van der Waals surface area contributed by atoms with Gasteiger partial charge in [0.15, 0.2) is 0 Å². The number of benzene rings is 2. The Morgan fingerprint density at radius 3 is 2.40 bits per heavy atom. The second-order valence-electron chi connectivity index (χ2n) is 7.57. The Kier molecular flexibility index (Phi) is 6.69. The Morgan fingerprint density at radius 2 is 1.83 bits per heavy atom. The van der Waals surface area contributed by atoms with E-state index in [2.05, 4.69) is 5.32 Å². The van der Waals surface area contributed by atoms with Crippen LogP contribution in [0.25, 0.3) is 0 Å². The SMILES string of the molecule is COc1ccc(S(=O)(=O)N2CCC(C)(C(=O)NCc3ccc(F)cc3)CC2)cc1Cl. The van der Waals surface area contributed by atoms with Crippen LogP contribution in [0.1, 0.15) is 25.3 Å². The van der Waals surface area contributed by atoms with Gasteiger partial charge in [0.05, 0.1) is 17.0 Å². The van der Waals surface area contributed by atoms with Crippen LogP contribution in [-0.2, 0) is 21.4 Å². The predicted octanol–water partition coefficient (Wildman–Crippen LogP) is 3.59. The number of carbonyl (C=O) groups excluding carboxylic acids is 1. The third-order valence-corrected chi connectivity index (χ3v) is 7.69. The van der Waals surface area contributed by atoms with Gasteiger partial charge in [0.1, 0.15) is 11.6 Å². The zero-order valence-electron chi connectivity index (χ0n) is 16.8. The lowest BCUT2D eigenvalue weighted by atomic mass is 9.80. The molecule has 1 saturated heterocycles. The number of sulfonamides is 1. The van der Waals surface area contributed by atoms with Gasteiger partial charge in [0.2, 0.25) is 15.9 Å². The Morgan fingerprint density at radius 1 is 1.20 bits per heavy atom. The van der Waals surface area contributed by atoms with Crippen molar-refractivity contribution in [2.75, 3.05) is 20.2 Å². The molecule has 0 radical (unpaired) electrons. The smallest absolute Gasteiger partial charge is 0.243 e. The molecule has 2 aromatic rings. The first kappa shape index (κ1) is 22.5. The Balaban J connectivity index is 1.63. The van der Waals surface area contributed by atoms with Crippen LogP contribution in [0.2, 0.25) is 5.02 Å². The summed E-state index contributed by atoms with van der Waals surface area (Å²) in [6.07, 6.45) is 0.788.